The molecule has 0 heterocycles. The molecule has 0 aliphatic rings. The lowest BCUT2D eigenvalue weighted by Crippen LogP contribution is -2.20. The van der Waals surface area contributed by atoms with E-state index in [-0.39, 0.29) is 5.91 Å². The first-order valence-corrected chi connectivity index (χ1v) is 4.83. The second-order valence-corrected chi connectivity index (χ2v) is 2.45. The molecular formula is C10H22N2O. The van der Waals surface area contributed by atoms with Gasteiger partial charge in [0.05, 0.1) is 0 Å². The maximum absolute atomic E-state index is 10.3. The third-order valence-corrected chi connectivity index (χ3v) is 1.23. The second kappa shape index (κ2) is 13.7. The van der Waals surface area contributed by atoms with Crippen molar-refractivity contribution in [2.45, 2.75) is 27.2 Å². The summed E-state index contributed by atoms with van der Waals surface area (Å²) >= 11 is 0. The zero-order chi connectivity index (χ0) is 10.5. The molecule has 78 valence electrons. The molecule has 0 bridgehead atoms. The Balaban J connectivity index is 0. The highest BCUT2D eigenvalue weighted by Gasteiger charge is 1.86. The highest BCUT2D eigenvalue weighted by molar-refractivity contribution is 5.86. The van der Waals surface area contributed by atoms with Gasteiger partial charge in [0.25, 0.3) is 0 Å². The Morgan fingerprint density at radius 3 is 2.08 bits per heavy atom. The Morgan fingerprint density at radius 1 is 1.31 bits per heavy atom. The molecule has 0 saturated carbocycles. The molecule has 0 aromatic rings. The van der Waals surface area contributed by atoms with Gasteiger partial charge in [0.2, 0.25) is 5.91 Å². The summed E-state index contributed by atoms with van der Waals surface area (Å²) in [6, 6.07) is 0. The van der Waals surface area contributed by atoms with Crippen LogP contribution in [0.2, 0.25) is 0 Å². The maximum Gasteiger partial charge on any atom is 0.243 e. The van der Waals surface area contributed by atoms with Crippen LogP contribution in [0.3, 0.4) is 0 Å². The molecular weight excluding hydrogens is 164 g/mol. The van der Waals surface area contributed by atoms with Crippen LogP contribution < -0.4 is 10.6 Å². The fourth-order valence-electron chi connectivity index (χ4n) is 0.570. The van der Waals surface area contributed by atoms with E-state index in [1.54, 1.807) is 0 Å². The highest BCUT2D eigenvalue weighted by atomic mass is 16.1. The van der Waals surface area contributed by atoms with Crippen molar-refractivity contribution < 1.29 is 4.79 Å². The molecule has 0 rings (SSSR count). The molecule has 0 spiro atoms. The summed E-state index contributed by atoms with van der Waals surface area (Å²) in [6.45, 7) is 12.4. The van der Waals surface area contributed by atoms with Crippen LogP contribution in [-0.2, 0) is 4.79 Å². The molecule has 3 heteroatoms. The molecule has 1 amide bonds. The average Bonchev–Trinajstić information content (AvgIpc) is 2.16. The van der Waals surface area contributed by atoms with Crippen molar-refractivity contribution in [2.75, 3.05) is 19.6 Å². The van der Waals surface area contributed by atoms with E-state index >= 15 is 0 Å². The van der Waals surface area contributed by atoms with Crippen LogP contribution in [0.5, 0.6) is 0 Å². The molecule has 2 N–H and O–H groups in total. The fourth-order valence-corrected chi connectivity index (χ4v) is 0.570. The minimum absolute atomic E-state index is 0.0909. The first-order valence-electron chi connectivity index (χ1n) is 4.83. The number of carbonyl (C=O) groups is 1. The van der Waals surface area contributed by atoms with Crippen LogP contribution in [0.1, 0.15) is 27.2 Å². The molecule has 0 aromatic carbocycles. The van der Waals surface area contributed by atoms with E-state index in [1.807, 2.05) is 6.92 Å². The van der Waals surface area contributed by atoms with Gasteiger partial charge in [-0.2, -0.15) is 0 Å². The van der Waals surface area contributed by atoms with Crippen LogP contribution in [0.4, 0.5) is 0 Å². The van der Waals surface area contributed by atoms with Gasteiger partial charge >= 0.3 is 0 Å². The summed E-state index contributed by atoms with van der Waals surface area (Å²) in [6.07, 6.45) is 2.25. The van der Waals surface area contributed by atoms with Crippen LogP contribution in [0, 0.1) is 0 Å². The second-order valence-electron chi connectivity index (χ2n) is 2.45. The molecule has 0 fully saturated rings. The van der Waals surface area contributed by atoms with Gasteiger partial charge in [-0.3, -0.25) is 4.79 Å². The lowest BCUT2D eigenvalue weighted by atomic mass is 10.4. The summed E-state index contributed by atoms with van der Waals surface area (Å²) in [5, 5.41) is 5.74. The highest BCUT2D eigenvalue weighted by Crippen LogP contribution is 1.70. The van der Waals surface area contributed by atoms with Crippen molar-refractivity contribution >= 4 is 5.91 Å². The lowest BCUT2D eigenvalue weighted by Gasteiger charge is -1.94. The average molecular weight is 186 g/mol. The van der Waals surface area contributed by atoms with Crippen molar-refractivity contribution in [3.8, 4) is 0 Å². The number of carbonyl (C=O) groups excluding carboxylic acids is 1. The van der Waals surface area contributed by atoms with Crippen molar-refractivity contribution in [1.29, 1.82) is 0 Å². The van der Waals surface area contributed by atoms with Crippen LogP contribution in [0.25, 0.3) is 0 Å². The predicted molar refractivity (Wildman–Crippen MR) is 57.7 cm³/mol. The lowest BCUT2D eigenvalue weighted by molar-refractivity contribution is -0.116. The molecule has 0 unspecified atom stereocenters. The Kier molecular flexibility index (Phi) is 15.5. The van der Waals surface area contributed by atoms with Crippen molar-refractivity contribution in [3.63, 3.8) is 0 Å². The monoisotopic (exact) mass is 186 g/mol. The number of hydrogen-bond donors (Lipinski definition) is 2. The zero-order valence-electron chi connectivity index (χ0n) is 9.02. The molecule has 0 aliphatic carbocycles. The van der Waals surface area contributed by atoms with E-state index in [2.05, 4.69) is 31.1 Å². The number of hydrogen-bond acceptors (Lipinski definition) is 2. The van der Waals surface area contributed by atoms with Gasteiger partial charge in [0.15, 0.2) is 0 Å². The van der Waals surface area contributed by atoms with Crippen LogP contribution >= 0.6 is 0 Å². The van der Waals surface area contributed by atoms with Gasteiger partial charge in [0.1, 0.15) is 0 Å². The summed E-state index contributed by atoms with van der Waals surface area (Å²) < 4.78 is 0. The van der Waals surface area contributed by atoms with E-state index < -0.39 is 0 Å². The van der Waals surface area contributed by atoms with Crippen LogP contribution in [0.15, 0.2) is 12.7 Å². The largest absolute Gasteiger partial charge is 0.353 e. The van der Waals surface area contributed by atoms with Gasteiger partial charge in [0, 0.05) is 6.54 Å². The minimum Gasteiger partial charge on any atom is -0.353 e. The minimum atomic E-state index is -0.0909. The van der Waals surface area contributed by atoms with Crippen molar-refractivity contribution in [3.05, 3.63) is 12.7 Å². The molecule has 0 radical (unpaired) electrons. The molecule has 0 saturated heterocycles. The molecule has 3 nitrogen and oxygen atoms in total. The van der Waals surface area contributed by atoms with E-state index in [0.717, 1.165) is 26.1 Å². The Bertz CT molecular complexity index is 122. The van der Waals surface area contributed by atoms with Gasteiger partial charge in [-0.05, 0) is 25.6 Å². The van der Waals surface area contributed by atoms with Crippen molar-refractivity contribution in [1.82, 2.24) is 10.6 Å². The van der Waals surface area contributed by atoms with Gasteiger partial charge in [-0.1, -0.05) is 27.4 Å². The zero-order valence-corrected chi connectivity index (χ0v) is 9.02. The number of rotatable bonds is 5. The summed E-state index contributed by atoms with van der Waals surface area (Å²) in [7, 11) is 0. The Morgan fingerprint density at radius 2 is 1.85 bits per heavy atom. The van der Waals surface area contributed by atoms with E-state index in [1.165, 1.54) is 6.08 Å². The maximum atomic E-state index is 10.3. The number of amides is 1. The topological polar surface area (TPSA) is 41.1 Å². The molecule has 0 aromatic heterocycles. The van der Waals surface area contributed by atoms with E-state index in [9.17, 15) is 4.79 Å². The quantitative estimate of drug-likeness (QED) is 0.636. The predicted octanol–water partition coefficient (Wildman–Crippen LogP) is 1.31. The number of nitrogens with one attached hydrogen (secondary N) is 2. The fraction of sp³-hybridized carbons (Fsp3) is 0.700. The first-order chi connectivity index (χ1) is 6.22. The van der Waals surface area contributed by atoms with Gasteiger partial charge in [-0.25, -0.2) is 0 Å². The standard InChI is InChI=1S/C6H11NO.C4H11N/c1-3-5-7-6(8)4-2;1-3-5-4-2/h4H,2-3,5H2,1H3,(H,7,8);5H,3-4H2,1-2H3. The SMILES string of the molecule is C=CC(=O)NCCC.CCNCC. The molecule has 13 heavy (non-hydrogen) atoms. The smallest absolute Gasteiger partial charge is 0.243 e. The van der Waals surface area contributed by atoms with Gasteiger partial charge < -0.3 is 10.6 Å². The third-order valence-electron chi connectivity index (χ3n) is 1.23. The molecule has 0 atom stereocenters. The summed E-state index contributed by atoms with van der Waals surface area (Å²) in [5.74, 6) is -0.0909. The summed E-state index contributed by atoms with van der Waals surface area (Å²) in [4.78, 5) is 10.3. The first kappa shape index (κ1) is 14.7. The normalized spacial score (nSPS) is 8.23. The van der Waals surface area contributed by atoms with E-state index in [0.29, 0.717) is 0 Å². The Labute approximate surface area is 81.6 Å². The summed E-state index contributed by atoms with van der Waals surface area (Å²) in [5.41, 5.74) is 0. The Hall–Kier alpha value is -0.830. The van der Waals surface area contributed by atoms with Crippen LogP contribution in [-0.4, -0.2) is 25.5 Å². The van der Waals surface area contributed by atoms with Gasteiger partial charge in [-0.15, -0.1) is 0 Å². The van der Waals surface area contributed by atoms with Crippen molar-refractivity contribution in [2.24, 2.45) is 0 Å². The third kappa shape index (κ3) is 18.3. The van der Waals surface area contributed by atoms with E-state index in [4.69, 9.17) is 0 Å². The molecule has 0 aliphatic heterocycles.